The van der Waals surface area contributed by atoms with E-state index in [2.05, 4.69) is 21.2 Å². The van der Waals surface area contributed by atoms with Crippen molar-refractivity contribution in [3.05, 3.63) is 45.1 Å². The summed E-state index contributed by atoms with van der Waals surface area (Å²) in [5.41, 5.74) is 8.61. The molecular formula is C15H15BrClN3O. The van der Waals surface area contributed by atoms with Crippen LogP contribution in [-0.2, 0) is 0 Å². The number of benzene rings is 1. The van der Waals surface area contributed by atoms with Gasteiger partial charge < -0.3 is 15.6 Å². The van der Waals surface area contributed by atoms with Gasteiger partial charge in [-0.05, 0) is 59.5 Å². The predicted octanol–water partition coefficient (Wildman–Crippen LogP) is 4.38. The molecule has 2 aromatic rings. The molecule has 21 heavy (non-hydrogen) atoms. The Kier molecular flexibility index (Phi) is 3.71. The monoisotopic (exact) mass is 367 g/mol. The minimum atomic E-state index is -0.181. The second kappa shape index (κ2) is 5.39. The minimum Gasteiger partial charge on any atom is -0.397 e. The third kappa shape index (κ3) is 2.94. The molecule has 0 atom stereocenters. The van der Waals surface area contributed by atoms with Gasteiger partial charge in [-0.1, -0.05) is 11.6 Å². The third-order valence-electron chi connectivity index (χ3n) is 3.54. The van der Waals surface area contributed by atoms with Crippen LogP contribution in [0.4, 0.5) is 11.4 Å². The van der Waals surface area contributed by atoms with Crippen LogP contribution in [0.25, 0.3) is 0 Å². The topological polar surface area (TPSA) is 60.1 Å². The molecule has 1 aromatic heterocycles. The van der Waals surface area contributed by atoms with Crippen molar-refractivity contribution in [2.75, 3.05) is 11.1 Å². The first-order valence-electron chi connectivity index (χ1n) is 6.70. The molecule has 1 aliphatic carbocycles. The number of aryl methyl sites for hydroxylation is 1. The number of carbonyl (C=O) groups is 1. The summed E-state index contributed by atoms with van der Waals surface area (Å²) in [6, 6.07) is 5.73. The van der Waals surface area contributed by atoms with Gasteiger partial charge in [-0.25, -0.2) is 0 Å². The number of nitrogen functional groups attached to an aromatic ring is 1. The number of aromatic nitrogens is 1. The van der Waals surface area contributed by atoms with Crippen molar-refractivity contribution in [1.82, 2.24) is 4.57 Å². The summed E-state index contributed by atoms with van der Waals surface area (Å²) in [5, 5.41) is 3.50. The van der Waals surface area contributed by atoms with Gasteiger partial charge in [0.25, 0.3) is 5.91 Å². The van der Waals surface area contributed by atoms with Gasteiger partial charge >= 0.3 is 0 Å². The van der Waals surface area contributed by atoms with Crippen molar-refractivity contribution >= 4 is 44.8 Å². The standard InChI is InChI=1S/C15H15BrClN3O/c1-8-4-11(16)13(6-12(8)17)19-15(21)14-5-9(18)7-20(14)10-2-3-10/h4-7,10H,2-3,18H2,1H3,(H,19,21). The molecule has 0 spiro atoms. The lowest BCUT2D eigenvalue weighted by molar-refractivity contribution is 0.101. The zero-order valence-electron chi connectivity index (χ0n) is 11.5. The van der Waals surface area contributed by atoms with E-state index in [0.29, 0.717) is 28.1 Å². The van der Waals surface area contributed by atoms with Crippen molar-refractivity contribution in [3.63, 3.8) is 0 Å². The number of rotatable bonds is 3. The van der Waals surface area contributed by atoms with E-state index in [0.717, 1.165) is 22.9 Å². The van der Waals surface area contributed by atoms with Crippen LogP contribution in [0.2, 0.25) is 5.02 Å². The first-order valence-corrected chi connectivity index (χ1v) is 7.87. The van der Waals surface area contributed by atoms with Gasteiger partial charge in [0.05, 0.1) is 11.4 Å². The summed E-state index contributed by atoms with van der Waals surface area (Å²) in [4.78, 5) is 12.5. The highest BCUT2D eigenvalue weighted by Gasteiger charge is 2.27. The summed E-state index contributed by atoms with van der Waals surface area (Å²) in [6.07, 6.45) is 4.01. The second-order valence-corrected chi connectivity index (χ2v) is 6.59. The van der Waals surface area contributed by atoms with Gasteiger partial charge in [0.1, 0.15) is 5.69 Å². The Hall–Kier alpha value is -1.46. The number of anilines is 2. The van der Waals surface area contributed by atoms with Gasteiger partial charge in [0.15, 0.2) is 0 Å². The lowest BCUT2D eigenvalue weighted by Gasteiger charge is -2.11. The zero-order chi connectivity index (χ0) is 15.1. The Bertz CT molecular complexity index is 722. The Morgan fingerprint density at radius 1 is 1.43 bits per heavy atom. The fourth-order valence-corrected chi connectivity index (χ4v) is 2.99. The average Bonchev–Trinajstić information content (AvgIpc) is 3.18. The van der Waals surface area contributed by atoms with Crippen LogP contribution in [0, 0.1) is 6.92 Å². The van der Waals surface area contributed by atoms with Crippen molar-refractivity contribution in [3.8, 4) is 0 Å². The molecule has 1 fully saturated rings. The molecule has 1 aliphatic rings. The summed E-state index contributed by atoms with van der Waals surface area (Å²) in [5.74, 6) is -0.181. The van der Waals surface area contributed by atoms with Crippen LogP contribution in [0.3, 0.4) is 0 Å². The molecule has 1 saturated carbocycles. The maximum atomic E-state index is 12.5. The quantitative estimate of drug-likeness (QED) is 0.844. The molecule has 110 valence electrons. The van der Waals surface area contributed by atoms with E-state index in [-0.39, 0.29) is 5.91 Å². The third-order valence-corrected chi connectivity index (χ3v) is 4.60. The van der Waals surface area contributed by atoms with Gasteiger partial charge in [0.2, 0.25) is 0 Å². The number of nitrogens with zero attached hydrogens (tertiary/aromatic N) is 1. The van der Waals surface area contributed by atoms with Crippen molar-refractivity contribution < 1.29 is 4.79 Å². The van der Waals surface area contributed by atoms with E-state index in [4.69, 9.17) is 17.3 Å². The molecule has 1 amide bonds. The molecule has 1 aromatic carbocycles. The molecule has 3 N–H and O–H groups in total. The number of carbonyl (C=O) groups excluding carboxylic acids is 1. The van der Waals surface area contributed by atoms with Crippen LogP contribution in [0.15, 0.2) is 28.9 Å². The molecule has 0 bridgehead atoms. The van der Waals surface area contributed by atoms with E-state index < -0.39 is 0 Å². The molecular weight excluding hydrogens is 354 g/mol. The molecule has 3 rings (SSSR count). The maximum absolute atomic E-state index is 12.5. The van der Waals surface area contributed by atoms with Crippen LogP contribution in [0.1, 0.15) is 34.9 Å². The van der Waals surface area contributed by atoms with Crippen molar-refractivity contribution in [1.29, 1.82) is 0 Å². The van der Waals surface area contributed by atoms with E-state index in [1.165, 1.54) is 0 Å². The van der Waals surface area contributed by atoms with Crippen LogP contribution >= 0.6 is 27.5 Å². The molecule has 0 aliphatic heterocycles. The molecule has 0 saturated heterocycles. The smallest absolute Gasteiger partial charge is 0.272 e. The van der Waals surface area contributed by atoms with Gasteiger partial charge in [0, 0.05) is 21.7 Å². The number of hydrogen-bond donors (Lipinski definition) is 2. The number of halogens is 2. The largest absolute Gasteiger partial charge is 0.397 e. The van der Waals surface area contributed by atoms with Crippen molar-refractivity contribution in [2.45, 2.75) is 25.8 Å². The molecule has 6 heteroatoms. The predicted molar refractivity (Wildman–Crippen MR) is 89.0 cm³/mol. The summed E-state index contributed by atoms with van der Waals surface area (Å²) in [6.45, 7) is 1.91. The van der Waals surface area contributed by atoms with Crippen molar-refractivity contribution in [2.24, 2.45) is 0 Å². The van der Waals surface area contributed by atoms with Gasteiger partial charge in [-0.15, -0.1) is 0 Å². The van der Waals surface area contributed by atoms with E-state index in [1.54, 1.807) is 12.1 Å². The number of nitrogens with two attached hydrogens (primary N) is 1. The normalized spacial score (nSPS) is 14.2. The maximum Gasteiger partial charge on any atom is 0.272 e. The van der Waals surface area contributed by atoms with Crippen LogP contribution in [0.5, 0.6) is 0 Å². The van der Waals surface area contributed by atoms with Gasteiger partial charge in [-0.3, -0.25) is 4.79 Å². The average molecular weight is 369 g/mol. The summed E-state index contributed by atoms with van der Waals surface area (Å²) >= 11 is 9.56. The molecule has 0 unspecified atom stereocenters. The Morgan fingerprint density at radius 2 is 2.14 bits per heavy atom. The number of nitrogens with one attached hydrogen (secondary N) is 1. The summed E-state index contributed by atoms with van der Waals surface area (Å²) in [7, 11) is 0. The summed E-state index contributed by atoms with van der Waals surface area (Å²) < 4.78 is 2.75. The second-order valence-electron chi connectivity index (χ2n) is 5.33. The van der Waals surface area contributed by atoms with E-state index >= 15 is 0 Å². The lowest BCUT2D eigenvalue weighted by Crippen LogP contribution is -2.16. The Balaban J connectivity index is 1.88. The number of amides is 1. The highest BCUT2D eigenvalue weighted by Crippen LogP contribution is 2.37. The Morgan fingerprint density at radius 3 is 2.81 bits per heavy atom. The van der Waals surface area contributed by atoms with E-state index in [9.17, 15) is 4.79 Å². The first kappa shape index (κ1) is 14.5. The molecule has 0 radical (unpaired) electrons. The van der Waals surface area contributed by atoms with Crippen LogP contribution < -0.4 is 11.1 Å². The fraction of sp³-hybridized carbons (Fsp3) is 0.267. The zero-order valence-corrected chi connectivity index (χ0v) is 13.8. The van der Waals surface area contributed by atoms with E-state index in [1.807, 2.05) is 23.8 Å². The highest BCUT2D eigenvalue weighted by atomic mass is 79.9. The minimum absolute atomic E-state index is 0.181. The highest BCUT2D eigenvalue weighted by molar-refractivity contribution is 9.10. The number of hydrogen-bond acceptors (Lipinski definition) is 2. The fourth-order valence-electron chi connectivity index (χ4n) is 2.27. The lowest BCUT2D eigenvalue weighted by atomic mass is 10.2. The van der Waals surface area contributed by atoms with Gasteiger partial charge in [-0.2, -0.15) is 0 Å². The molecule has 4 nitrogen and oxygen atoms in total. The van der Waals surface area contributed by atoms with Crippen LogP contribution in [-0.4, -0.2) is 10.5 Å². The first-order chi connectivity index (χ1) is 9.95. The SMILES string of the molecule is Cc1cc(Br)c(NC(=O)c2cc(N)cn2C2CC2)cc1Cl. The molecule has 1 heterocycles. The Labute approximate surface area is 136 Å².